The molecule has 10 heteroatoms. The first-order chi connectivity index (χ1) is 18.0. The molecule has 2 aromatic carbocycles. The number of nitrogens with two attached hydrogens (primary N) is 1. The molecule has 184 valence electrons. The number of fused-ring (bicyclic) bond motifs is 2. The van der Waals surface area contributed by atoms with Gasteiger partial charge in [0.1, 0.15) is 5.56 Å². The Labute approximate surface area is 228 Å². The number of aromatic nitrogens is 4. The summed E-state index contributed by atoms with van der Waals surface area (Å²) in [6, 6.07) is 18.1. The van der Waals surface area contributed by atoms with E-state index in [4.69, 9.17) is 5.73 Å². The van der Waals surface area contributed by atoms with E-state index in [0.717, 1.165) is 5.39 Å². The van der Waals surface area contributed by atoms with Crippen LogP contribution in [-0.2, 0) is 0 Å². The number of carbonyl (C=O) groups excluding carboxylic acids is 1. The Morgan fingerprint density at radius 2 is 2.00 bits per heavy atom. The quantitative estimate of drug-likeness (QED) is 0.221. The zero-order chi connectivity index (χ0) is 25.9. The minimum atomic E-state index is -0.548. The molecule has 0 aliphatic heterocycles. The van der Waals surface area contributed by atoms with Crippen molar-refractivity contribution in [3.05, 3.63) is 100 Å². The predicted molar refractivity (Wildman–Crippen MR) is 156 cm³/mol. The van der Waals surface area contributed by atoms with Crippen LogP contribution in [0.3, 0.4) is 0 Å². The van der Waals surface area contributed by atoms with Crippen molar-refractivity contribution >= 4 is 58.3 Å². The fraction of sp³-hybridized carbons (Fsp3) is 0.111. The van der Waals surface area contributed by atoms with E-state index in [1.54, 1.807) is 32.0 Å². The van der Waals surface area contributed by atoms with E-state index in [-0.39, 0.29) is 16.9 Å². The van der Waals surface area contributed by atoms with Gasteiger partial charge in [-0.2, -0.15) is 0 Å². The number of nitrogens with zero attached hydrogens (tertiary/aromatic N) is 4. The first-order valence-electron chi connectivity index (χ1n) is 11.4. The Bertz CT molecular complexity index is 1750. The van der Waals surface area contributed by atoms with Crippen molar-refractivity contribution in [1.82, 2.24) is 24.5 Å². The van der Waals surface area contributed by atoms with Crippen LogP contribution in [0.2, 0.25) is 0 Å². The van der Waals surface area contributed by atoms with Crippen LogP contribution >= 0.6 is 30.1 Å². The minimum Gasteiger partial charge on any atom is -0.381 e. The normalized spacial score (nSPS) is 11.7. The Balaban J connectivity index is 1.64. The lowest BCUT2D eigenvalue weighted by Crippen LogP contribution is -2.32. The molecule has 3 heterocycles. The minimum absolute atomic E-state index is 0.0789. The third-order valence-electron chi connectivity index (χ3n) is 5.88. The lowest BCUT2D eigenvalue weighted by Gasteiger charge is -2.21. The van der Waals surface area contributed by atoms with Gasteiger partial charge in [0.05, 0.1) is 17.2 Å². The molecule has 0 unspecified atom stereocenters. The second-order valence-corrected chi connectivity index (χ2v) is 10.6. The van der Waals surface area contributed by atoms with E-state index in [0.29, 0.717) is 33.7 Å². The second-order valence-electron chi connectivity index (χ2n) is 8.21. The molecule has 1 amide bonds. The van der Waals surface area contributed by atoms with Gasteiger partial charge in [-0.1, -0.05) is 51.1 Å². The average Bonchev–Trinajstić information content (AvgIpc) is 3.24. The van der Waals surface area contributed by atoms with Crippen molar-refractivity contribution < 1.29 is 4.79 Å². The van der Waals surface area contributed by atoms with Gasteiger partial charge < -0.3 is 11.1 Å². The molecule has 0 radical (unpaired) electrons. The van der Waals surface area contributed by atoms with Crippen LogP contribution in [0.15, 0.2) is 77.9 Å². The summed E-state index contributed by atoms with van der Waals surface area (Å²) in [7, 11) is 1.60. The van der Waals surface area contributed by atoms with Crippen LogP contribution in [0.25, 0.3) is 22.1 Å². The largest absolute Gasteiger partial charge is 0.381 e. The van der Waals surface area contributed by atoms with Crippen molar-refractivity contribution in [2.24, 2.45) is 0 Å². The number of carbonyl (C=O) groups is 1. The topological polar surface area (TPSA) is 107 Å². The van der Waals surface area contributed by atoms with Crippen LogP contribution in [0.4, 0.5) is 5.82 Å². The van der Waals surface area contributed by atoms with E-state index in [1.807, 2.05) is 61.5 Å². The van der Waals surface area contributed by atoms with Crippen molar-refractivity contribution in [1.29, 1.82) is 0 Å². The third-order valence-corrected chi connectivity index (χ3v) is 7.07. The first-order valence-corrected chi connectivity index (χ1v) is 14.9. The molecule has 0 aliphatic rings. The Kier molecular flexibility index (Phi) is 7.16. The maximum absolute atomic E-state index is 14.0. The molecule has 0 fully saturated rings. The smallest absolute Gasteiger partial charge is 0.264 e. The summed E-state index contributed by atoms with van der Waals surface area (Å²) in [5, 5.41) is 8.45. The zero-order valence-corrected chi connectivity index (χ0v) is 22.7. The number of anilines is 1. The molecule has 1 atom stereocenters. The highest BCUT2D eigenvalue weighted by molar-refractivity contribution is 14.2. The predicted octanol–water partition coefficient (Wildman–Crippen LogP) is 4.54. The SMILES string of the molecule is C[C@H](NC(=O)c1c(N)nn2cccnc12)c1cc2cccc(C#CCSI)c2c(=O)n1-c1ccccc1. The molecule has 0 aliphatic carbocycles. The van der Waals surface area contributed by atoms with Crippen molar-refractivity contribution in [3.63, 3.8) is 0 Å². The Morgan fingerprint density at radius 1 is 1.19 bits per heavy atom. The molecule has 0 saturated carbocycles. The average molecular weight is 620 g/mol. The number of amides is 1. The van der Waals surface area contributed by atoms with Gasteiger partial charge in [0.2, 0.25) is 0 Å². The highest BCUT2D eigenvalue weighted by Crippen LogP contribution is 2.24. The van der Waals surface area contributed by atoms with Gasteiger partial charge in [-0.15, -0.1) is 5.10 Å². The van der Waals surface area contributed by atoms with Crippen LogP contribution in [-0.4, -0.2) is 30.8 Å². The molecule has 0 bridgehead atoms. The summed E-state index contributed by atoms with van der Waals surface area (Å²) >= 11 is 2.20. The summed E-state index contributed by atoms with van der Waals surface area (Å²) in [6.07, 6.45) is 3.25. The van der Waals surface area contributed by atoms with Gasteiger partial charge in [0, 0.05) is 29.3 Å². The van der Waals surface area contributed by atoms with E-state index in [2.05, 4.69) is 48.4 Å². The standard InChI is InChI=1S/C27H21IN6O2S/c1-17(31-26(35)23-24(29)32-33-14-7-13-30-25(23)33)21-16-19-9-5-8-18(10-6-15-37-28)22(19)27(36)34(21)20-11-3-2-4-12-20/h2-5,7-9,11-14,16-17H,15H2,1H3,(H2,29,32)(H,31,35)/t17-/m0/s1. The van der Waals surface area contributed by atoms with Crippen molar-refractivity contribution in [2.75, 3.05) is 11.5 Å². The van der Waals surface area contributed by atoms with Gasteiger partial charge in [0.25, 0.3) is 11.5 Å². The first kappa shape index (κ1) is 24.9. The van der Waals surface area contributed by atoms with Gasteiger partial charge in [-0.25, -0.2) is 9.50 Å². The summed E-state index contributed by atoms with van der Waals surface area (Å²) in [5.74, 6) is 6.55. The molecule has 5 rings (SSSR count). The maximum atomic E-state index is 14.0. The monoisotopic (exact) mass is 620 g/mol. The summed E-state index contributed by atoms with van der Waals surface area (Å²) in [4.78, 5) is 31.6. The lowest BCUT2D eigenvalue weighted by atomic mass is 10.0. The molecular weight excluding hydrogens is 599 g/mol. The molecule has 3 N–H and O–H groups in total. The fourth-order valence-corrected chi connectivity index (χ4v) is 4.87. The number of hydrogen-bond acceptors (Lipinski definition) is 6. The number of halogens is 1. The Hall–Kier alpha value is -3.82. The van der Waals surface area contributed by atoms with E-state index in [9.17, 15) is 9.59 Å². The number of pyridine rings is 1. The molecular formula is C27H21IN6O2S. The molecule has 3 aromatic heterocycles. The van der Waals surface area contributed by atoms with Gasteiger partial charge in [-0.05, 0) is 63.8 Å². The lowest BCUT2D eigenvalue weighted by molar-refractivity contribution is 0.0941. The van der Waals surface area contributed by atoms with E-state index >= 15 is 0 Å². The number of benzene rings is 2. The fourth-order valence-electron chi connectivity index (χ4n) is 4.27. The number of rotatable bonds is 5. The summed E-state index contributed by atoms with van der Waals surface area (Å²) in [5.41, 5.74) is 8.37. The number of nitrogen functional groups attached to an aromatic ring is 1. The molecule has 8 nitrogen and oxygen atoms in total. The Morgan fingerprint density at radius 3 is 2.78 bits per heavy atom. The maximum Gasteiger partial charge on any atom is 0.264 e. The third kappa shape index (κ3) is 4.80. The number of hydrogen-bond donors (Lipinski definition) is 2. The molecule has 0 spiro atoms. The van der Waals surface area contributed by atoms with Gasteiger partial charge >= 0.3 is 0 Å². The summed E-state index contributed by atoms with van der Waals surface area (Å²) in [6.45, 7) is 1.83. The molecule has 0 saturated heterocycles. The highest BCUT2D eigenvalue weighted by Gasteiger charge is 2.23. The van der Waals surface area contributed by atoms with Crippen molar-refractivity contribution in [3.8, 4) is 17.5 Å². The van der Waals surface area contributed by atoms with Crippen molar-refractivity contribution in [2.45, 2.75) is 13.0 Å². The van der Waals surface area contributed by atoms with Crippen LogP contribution in [0, 0.1) is 11.8 Å². The molecule has 5 aromatic rings. The zero-order valence-electron chi connectivity index (χ0n) is 19.7. The van der Waals surface area contributed by atoms with Crippen LogP contribution < -0.4 is 16.6 Å². The number of para-hydroxylation sites is 1. The van der Waals surface area contributed by atoms with Gasteiger partial charge in [-0.3, -0.25) is 14.2 Å². The number of nitrogens with one attached hydrogen (secondary N) is 1. The van der Waals surface area contributed by atoms with Gasteiger partial charge in [0.15, 0.2) is 11.5 Å². The van der Waals surface area contributed by atoms with E-state index < -0.39 is 11.9 Å². The van der Waals surface area contributed by atoms with E-state index in [1.165, 1.54) is 4.52 Å². The summed E-state index contributed by atoms with van der Waals surface area (Å²) < 4.78 is 3.09. The second kappa shape index (κ2) is 10.7. The van der Waals surface area contributed by atoms with Crippen LogP contribution in [0.5, 0.6) is 0 Å². The highest BCUT2D eigenvalue weighted by atomic mass is 127. The molecule has 37 heavy (non-hydrogen) atoms. The van der Waals surface area contributed by atoms with Crippen LogP contribution in [0.1, 0.15) is 34.6 Å².